The Bertz CT molecular complexity index is 366. The highest BCUT2D eigenvalue weighted by molar-refractivity contribution is 5.32. The van der Waals surface area contributed by atoms with Crippen LogP contribution in [-0.4, -0.2) is 13.1 Å². The Balaban J connectivity index is 3.04. The van der Waals surface area contributed by atoms with Gasteiger partial charge in [0.05, 0.1) is 0 Å². The number of hydrogen-bond donors (Lipinski definition) is 1. The zero-order valence-electron chi connectivity index (χ0n) is 13.6. The third-order valence-corrected chi connectivity index (χ3v) is 4.43. The molecule has 0 heterocycles. The van der Waals surface area contributed by atoms with E-state index in [1.807, 2.05) is 0 Å². The second-order valence-corrected chi connectivity index (χ2v) is 6.60. The van der Waals surface area contributed by atoms with Gasteiger partial charge in [0.2, 0.25) is 0 Å². The van der Waals surface area contributed by atoms with Crippen molar-refractivity contribution in [2.45, 2.75) is 65.2 Å². The van der Waals surface area contributed by atoms with Crippen molar-refractivity contribution in [1.29, 1.82) is 0 Å². The lowest BCUT2D eigenvalue weighted by molar-refractivity contribution is 0.372. The Labute approximate surface area is 119 Å². The zero-order valence-corrected chi connectivity index (χ0v) is 13.6. The van der Waals surface area contributed by atoms with Crippen molar-refractivity contribution in [2.75, 3.05) is 13.1 Å². The van der Waals surface area contributed by atoms with Crippen LogP contribution in [-0.2, 0) is 10.8 Å². The molecule has 0 saturated carbocycles. The first-order valence-corrected chi connectivity index (χ1v) is 7.71. The molecule has 0 atom stereocenters. The summed E-state index contributed by atoms with van der Waals surface area (Å²) in [6.45, 7) is 15.7. The molecule has 0 aliphatic rings. The van der Waals surface area contributed by atoms with Crippen LogP contribution >= 0.6 is 0 Å². The van der Waals surface area contributed by atoms with Crippen molar-refractivity contribution < 1.29 is 0 Å². The lowest BCUT2D eigenvalue weighted by Gasteiger charge is -2.33. The molecule has 0 aromatic heterocycles. The molecule has 0 aliphatic heterocycles. The van der Waals surface area contributed by atoms with E-state index in [4.69, 9.17) is 0 Å². The van der Waals surface area contributed by atoms with Crippen LogP contribution in [0.15, 0.2) is 24.3 Å². The summed E-state index contributed by atoms with van der Waals surface area (Å²) in [7, 11) is 0. The molecule has 1 aromatic rings. The SMILES string of the molecule is CCNCC(CC)(CC)c1ccc(C(C)(C)C)cc1. The Hall–Kier alpha value is -0.820. The van der Waals surface area contributed by atoms with Gasteiger partial charge < -0.3 is 5.32 Å². The molecule has 0 radical (unpaired) electrons. The summed E-state index contributed by atoms with van der Waals surface area (Å²) < 4.78 is 0. The molecule has 1 heteroatoms. The quantitative estimate of drug-likeness (QED) is 0.786. The maximum atomic E-state index is 3.53. The fourth-order valence-corrected chi connectivity index (χ4v) is 2.70. The first kappa shape index (κ1) is 16.2. The molecular weight excluding hydrogens is 230 g/mol. The van der Waals surface area contributed by atoms with E-state index in [0.717, 1.165) is 13.1 Å². The smallest absolute Gasteiger partial charge is 0.00725 e. The third-order valence-electron chi connectivity index (χ3n) is 4.43. The van der Waals surface area contributed by atoms with Crippen LogP contribution in [0.25, 0.3) is 0 Å². The highest BCUT2D eigenvalue weighted by atomic mass is 14.9. The maximum Gasteiger partial charge on any atom is 0.00725 e. The largest absolute Gasteiger partial charge is 0.316 e. The Morgan fingerprint density at radius 2 is 1.32 bits per heavy atom. The van der Waals surface area contributed by atoms with Gasteiger partial charge >= 0.3 is 0 Å². The van der Waals surface area contributed by atoms with Gasteiger partial charge in [-0.25, -0.2) is 0 Å². The van der Waals surface area contributed by atoms with Gasteiger partial charge in [-0.2, -0.15) is 0 Å². The van der Waals surface area contributed by atoms with Crippen LogP contribution in [0.3, 0.4) is 0 Å². The summed E-state index contributed by atoms with van der Waals surface area (Å²) in [5, 5.41) is 3.53. The van der Waals surface area contributed by atoms with Crippen LogP contribution in [0.2, 0.25) is 0 Å². The van der Waals surface area contributed by atoms with Crippen LogP contribution < -0.4 is 5.32 Å². The first-order chi connectivity index (χ1) is 8.89. The van der Waals surface area contributed by atoms with Crippen LogP contribution in [0.4, 0.5) is 0 Å². The van der Waals surface area contributed by atoms with Gasteiger partial charge in [-0.15, -0.1) is 0 Å². The van der Waals surface area contributed by atoms with E-state index in [1.165, 1.54) is 24.0 Å². The average Bonchev–Trinajstić information content (AvgIpc) is 2.40. The number of benzene rings is 1. The highest BCUT2D eigenvalue weighted by Crippen LogP contribution is 2.32. The van der Waals surface area contributed by atoms with E-state index in [2.05, 4.69) is 71.1 Å². The van der Waals surface area contributed by atoms with Gasteiger partial charge in [-0.1, -0.05) is 65.8 Å². The predicted octanol–water partition coefficient (Wildman–Crippen LogP) is 4.65. The van der Waals surface area contributed by atoms with E-state index in [1.54, 1.807) is 0 Å². The number of likely N-dealkylation sites (N-methyl/N-ethyl adjacent to an activating group) is 1. The molecule has 1 rings (SSSR count). The summed E-state index contributed by atoms with van der Waals surface area (Å²) >= 11 is 0. The predicted molar refractivity (Wildman–Crippen MR) is 85.9 cm³/mol. The second kappa shape index (κ2) is 6.56. The summed E-state index contributed by atoms with van der Waals surface area (Å²) in [6, 6.07) is 9.29. The molecule has 1 nitrogen and oxygen atoms in total. The molecule has 1 aromatic carbocycles. The monoisotopic (exact) mass is 261 g/mol. The Morgan fingerprint density at radius 1 is 0.842 bits per heavy atom. The normalized spacial score (nSPS) is 12.7. The van der Waals surface area contributed by atoms with Crippen molar-refractivity contribution >= 4 is 0 Å². The fraction of sp³-hybridized carbons (Fsp3) is 0.667. The van der Waals surface area contributed by atoms with Crippen LogP contribution in [0.5, 0.6) is 0 Å². The van der Waals surface area contributed by atoms with Gasteiger partial charge in [0.15, 0.2) is 0 Å². The van der Waals surface area contributed by atoms with Gasteiger partial charge in [0.1, 0.15) is 0 Å². The molecule has 0 unspecified atom stereocenters. The summed E-state index contributed by atoms with van der Waals surface area (Å²) in [4.78, 5) is 0. The van der Waals surface area contributed by atoms with Crippen molar-refractivity contribution in [2.24, 2.45) is 0 Å². The minimum Gasteiger partial charge on any atom is -0.316 e. The van der Waals surface area contributed by atoms with Gasteiger partial charge in [-0.05, 0) is 35.9 Å². The zero-order chi connectivity index (χ0) is 14.5. The van der Waals surface area contributed by atoms with Gasteiger partial charge in [-0.3, -0.25) is 0 Å². The summed E-state index contributed by atoms with van der Waals surface area (Å²) in [5.74, 6) is 0. The molecule has 1 N–H and O–H groups in total. The standard InChI is InChI=1S/C18H31N/c1-7-18(8-2,14-19-9-3)16-12-10-15(11-13-16)17(4,5)6/h10-13,19H,7-9,14H2,1-6H3. The van der Waals surface area contributed by atoms with E-state index < -0.39 is 0 Å². The Kier molecular flexibility index (Phi) is 5.61. The van der Waals surface area contributed by atoms with Crippen molar-refractivity contribution in [3.63, 3.8) is 0 Å². The molecular formula is C18H31N. The van der Waals surface area contributed by atoms with E-state index >= 15 is 0 Å². The van der Waals surface area contributed by atoms with Crippen LogP contribution in [0, 0.1) is 0 Å². The first-order valence-electron chi connectivity index (χ1n) is 7.71. The second-order valence-electron chi connectivity index (χ2n) is 6.60. The fourth-order valence-electron chi connectivity index (χ4n) is 2.70. The van der Waals surface area contributed by atoms with Crippen molar-refractivity contribution in [1.82, 2.24) is 5.32 Å². The average molecular weight is 261 g/mol. The summed E-state index contributed by atoms with van der Waals surface area (Å²) in [5.41, 5.74) is 3.42. The lowest BCUT2D eigenvalue weighted by atomic mass is 9.74. The molecule has 108 valence electrons. The maximum absolute atomic E-state index is 3.53. The molecule has 0 aliphatic carbocycles. The van der Waals surface area contributed by atoms with Gasteiger partial charge in [0.25, 0.3) is 0 Å². The minimum absolute atomic E-state index is 0.237. The third kappa shape index (κ3) is 3.82. The highest BCUT2D eigenvalue weighted by Gasteiger charge is 2.28. The molecule has 0 bridgehead atoms. The number of hydrogen-bond acceptors (Lipinski definition) is 1. The molecule has 0 spiro atoms. The van der Waals surface area contributed by atoms with Gasteiger partial charge in [0, 0.05) is 12.0 Å². The van der Waals surface area contributed by atoms with Crippen molar-refractivity contribution in [3.05, 3.63) is 35.4 Å². The lowest BCUT2D eigenvalue weighted by Crippen LogP contribution is -2.37. The Morgan fingerprint density at radius 3 is 1.68 bits per heavy atom. The molecule has 19 heavy (non-hydrogen) atoms. The molecule has 0 amide bonds. The van der Waals surface area contributed by atoms with E-state index in [-0.39, 0.29) is 10.8 Å². The van der Waals surface area contributed by atoms with Crippen molar-refractivity contribution in [3.8, 4) is 0 Å². The number of rotatable bonds is 6. The molecule has 0 fully saturated rings. The van der Waals surface area contributed by atoms with Crippen LogP contribution in [0.1, 0.15) is 65.5 Å². The minimum atomic E-state index is 0.237. The number of nitrogens with one attached hydrogen (secondary N) is 1. The van der Waals surface area contributed by atoms with E-state index in [0.29, 0.717) is 0 Å². The van der Waals surface area contributed by atoms with E-state index in [9.17, 15) is 0 Å². The summed E-state index contributed by atoms with van der Waals surface area (Å²) in [6.07, 6.45) is 2.37. The molecule has 0 saturated heterocycles. The topological polar surface area (TPSA) is 12.0 Å².